The van der Waals surface area contributed by atoms with Crippen molar-refractivity contribution in [2.24, 2.45) is 0 Å². The molecule has 0 aromatic rings. The number of carbonyl (C=O) groups excluding carboxylic acids is 2. The average molecular weight is 145 g/mol. The molecule has 1 heterocycles. The van der Waals surface area contributed by atoms with Crippen LogP contribution in [0.3, 0.4) is 0 Å². The maximum absolute atomic E-state index is 10.5. The summed E-state index contributed by atoms with van der Waals surface area (Å²) in [7, 11) is 0. The summed E-state index contributed by atoms with van der Waals surface area (Å²) in [6.07, 6.45) is 1.29. The second-order valence-corrected chi connectivity index (χ2v) is 2.86. The van der Waals surface area contributed by atoms with Gasteiger partial charge in [0, 0.05) is 12.2 Å². The summed E-state index contributed by atoms with van der Waals surface area (Å²) in [4.78, 5) is 21.1. The van der Waals surface area contributed by atoms with Gasteiger partial charge in [-0.1, -0.05) is 11.8 Å². The lowest BCUT2D eigenvalue weighted by Gasteiger charge is -1.92. The Morgan fingerprint density at radius 1 is 1.44 bits per heavy atom. The van der Waals surface area contributed by atoms with E-state index in [1.165, 1.54) is 11.8 Å². The Bertz CT molecular complexity index is 130. The van der Waals surface area contributed by atoms with Crippen LogP contribution >= 0.6 is 11.8 Å². The van der Waals surface area contributed by atoms with Crippen LogP contribution in [0.15, 0.2) is 0 Å². The maximum Gasteiger partial charge on any atom is 0.285 e. The standard InChI is InChI=1S/C5H7NO2S/c7-4-2-1-3-9-5(8)6-4/h1-3H2,(H,6,7,8). The van der Waals surface area contributed by atoms with Gasteiger partial charge in [0.1, 0.15) is 0 Å². The van der Waals surface area contributed by atoms with Crippen LogP contribution in [-0.2, 0) is 4.79 Å². The van der Waals surface area contributed by atoms with Crippen LogP contribution < -0.4 is 5.32 Å². The van der Waals surface area contributed by atoms with Crippen LogP contribution in [0, 0.1) is 0 Å². The number of hydrogen-bond acceptors (Lipinski definition) is 3. The molecular weight excluding hydrogens is 138 g/mol. The largest absolute Gasteiger partial charge is 0.287 e. The van der Waals surface area contributed by atoms with Gasteiger partial charge < -0.3 is 0 Å². The molecule has 0 aliphatic carbocycles. The summed E-state index contributed by atoms with van der Waals surface area (Å²) in [5.74, 6) is 0.613. The number of imide groups is 1. The molecule has 2 amide bonds. The molecule has 0 aromatic heterocycles. The minimum Gasteiger partial charge on any atom is -0.287 e. The van der Waals surface area contributed by atoms with Crippen molar-refractivity contribution < 1.29 is 9.59 Å². The van der Waals surface area contributed by atoms with Gasteiger partial charge in [0.25, 0.3) is 5.24 Å². The van der Waals surface area contributed by atoms with E-state index < -0.39 is 0 Å². The van der Waals surface area contributed by atoms with Gasteiger partial charge in [-0.25, -0.2) is 0 Å². The van der Waals surface area contributed by atoms with E-state index in [-0.39, 0.29) is 11.1 Å². The summed E-state index contributed by atoms with van der Waals surface area (Å²) >= 11 is 1.17. The van der Waals surface area contributed by atoms with Crippen LogP contribution in [0.2, 0.25) is 0 Å². The number of rotatable bonds is 0. The van der Waals surface area contributed by atoms with E-state index in [1.54, 1.807) is 0 Å². The van der Waals surface area contributed by atoms with Gasteiger partial charge in [0.05, 0.1) is 0 Å². The van der Waals surface area contributed by atoms with Gasteiger partial charge >= 0.3 is 0 Å². The first-order valence-corrected chi connectivity index (χ1v) is 3.74. The fraction of sp³-hybridized carbons (Fsp3) is 0.600. The highest BCUT2D eigenvalue weighted by atomic mass is 32.2. The molecule has 0 saturated carbocycles. The first-order chi connectivity index (χ1) is 4.29. The zero-order valence-corrected chi connectivity index (χ0v) is 5.66. The van der Waals surface area contributed by atoms with E-state index in [1.807, 2.05) is 0 Å². The zero-order chi connectivity index (χ0) is 6.69. The van der Waals surface area contributed by atoms with Crippen molar-refractivity contribution in [3.63, 3.8) is 0 Å². The number of amides is 2. The topological polar surface area (TPSA) is 46.2 Å². The first-order valence-electron chi connectivity index (χ1n) is 2.75. The maximum atomic E-state index is 10.5. The van der Waals surface area contributed by atoms with Crippen LogP contribution in [-0.4, -0.2) is 16.9 Å². The summed E-state index contributed by atoms with van der Waals surface area (Å²) < 4.78 is 0. The molecule has 0 radical (unpaired) electrons. The number of thioether (sulfide) groups is 1. The van der Waals surface area contributed by atoms with Crippen molar-refractivity contribution in [3.05, 3.63) is 0 Å². The Labute approximate surface area is 57.2 Å². The molecule has 1 saturated heterocycles. The molecule has 0 unspecified atom stereocenters. The second kappa shape index (κ2) is 2.87. The summed E-state index contributed by atoms with van der Waals surface area (Å²) in [6.45, 7) is 0. The molecule has 1 aliphatic rings. The Balaban J connectivity index is 2.47. The third-order valence-electron chi connectivity index (χ3n) is 1.02. The van der Waals surface area contributed by atoms with Crippen molar-refractivity contribution >= 4 is 22.9 Å². The minimum atomic E-state index is -0.211. The molecule has 50 valence electrons. The van der Waals surface area contributed by atoms with Gasteiger partial charge in [-0.2, -0.15) is 0 Å². The molecule has 1 fully saturated rings. The van der Waals surface area contributed by atoms with E-state index in [0.717, 1.165) is 12.2 Å². The molecular formula is C5H7NO2S. The Kier molecular flexibility index (Phi) is 2.10. The van der Waals surface area contributed by atoms with Gasteiger partial charge in [0.15, 0.2) is 0 Å². The van der Waals surface area contributed by atoms with Gasteiger partial charge in [-0.15, -0.1) is 0 Å². The molecule has 0 aromatic carbocycles. The minimum absolute atomic E-state index is 0.148. The lowest BCUT2D eigenvalue weighted by Crippen LogP contribution is -2.24. The average Bonchev–Trinajstić information content (AvgIpc) is 1.93. The molecule has 0 bridgehead atoms. The molecule has 0 spiro atoms. The van der Waals surface area contributed by atoms with Crippen molar-refractivity contribution in [2.45, 2.75) is 12.8 Å². The zero-order valence-electron chi connectivity index (χ0n) is 4.85. The van der Waals surface area contributed by atoms with Crippen molar-refractivity contribution in [1.82, 2.24) is 5.32 Å². The molecule has 1 aliphatic heterocycles. The molecule has 9 heavy (non-hydrogen) atoms. The van der Waals surface area contributed by atoms with Crippen LogP contribution in [0.25, 0.3) is 0 Å². The van der Waals surface area contributed by atoms with E-state index in [4.69, 9.17) is 0 Å². The van der Waals surface area contributed by atoms with E-state index in [9.17, 15) is 9.59 Å². The number of carbonyl (C=O) groups is 2. The SMILES string of the molecule is O=C1CCCSC(=O)N1. The quantitative estimate of drug-likeness (QED) is 0.547. The summed E-state index contributed by atoms with van der Waals surface area (Å²) in [5, 5.41) is 2.02. The highest BCUT2D eigenvalue weighted by Gasteiger charge is 2.11. The number of nitrogens with one attached hydrogen (secondary N) is 1. The molecule has 4 heteroatoms. The van der Waals surface area contributed by atoms with Crippen molar-refractivity contribution in [2.75, 3.05) is 5.75 Å². The van der Waals surface area contributed by atoms with Crippen molar-refractivity contribution in [1.29, 1.82) is 0 Å². The van der Waals surface area contributed by atoms with Gasteiger partial charge in [-0.3, -0.25) is 14.9 Å². The predicted octanol–water partition coefficient (Wildman–Crippen LogP) is 0.750. The third kappa shape index (κ3) is 2.05. The molecule has 0 atom stereocenters. The van der Waals surface area contributed by atoms with Crippen LogP contribution in [0.1, 0.15) is 12.8 Å². The summed E-state index contributed by atoms with van der Waals surface area (Å²) in [5.41, 5.74) is 0. The van der Waals surface area contributed by atoms with E-state index >= 15 is 0 Å². The highest BCUT2D eigenvalue weighted by Crippen LogP contribution is 2.09. The lowest BCUT2D eigenvalue weighted by molar-refractivity contribution is -0.119. The molecule has 3 nitrogen and oxygen atoms in total. The fourth-order valence-electron chi connectivity index (χ4n) is 0.610. The monoisotopic (exact) mass is 145 g/mol. The lowest BCUT2D eigenvalue weighted by atomic mass is 10.3. The smallest absolute Gasteiger partial charge is 0.285 e. The summed E-state index contributed by atoms with van der Waals surface area (Å²) in [6, 6.07) is 0. The second-order valence-electron chi connectivity index (χ2n) is 1.79. The van der Waals surface area contributed by atoms with E-state index in [2.05, 4.69) is 5.32 Å². The molecule has 1 rings (SSSR count). The Morgan fingerprint density at radius 2 is 2.22 bits per heavy atom. The predicted molar refractivity (Wildman–Crippen MR) is 35.2 cm³/mol. The highest BCUT2D eigenvalue weighted by molar-refractivity contribution is 8.13. The fourth-order valence-corrected chi connectivity index (χ4v) is 1.27. The van der Waals surface area contributed by atoms with Crippen molar-refractivity contribution in [3.8, 4) is 0 Å². The van der Waals surface area contributed by atoms with Gasteiger partial charge in [-0.05, 0) is 6.42 Å². The Hall–Kier alpha value is -0.510. The molecule has 1 N–H and O–H groups in total. The van der Waals surface area contributed by atoms with Crippen LogP contribution in [0.5, 0.6) is 0 Å². The normalized spacial score (nSPS) is 20.9. The Morgan fingerprint density at radius 3 is 3.00 bits per heavy atom. The first kappa shape index (κ1) is 6.61. The third-order valence-corrected chi connectivity index (χ3v) is 1.88. The number of hydrogen-bond donors (Lipinski definition) is 1. The van der Waals surface area contributed by atoms with Gasteiger partial charge in [0.2, 0.25) is 5.91 Å². The van der Waals surface area contributed by atoms with E-state index in [0.29, 0.717) is 6.42 Å². The van der Waals surface area contributed by atoms with Crippen LogP contribution in [0.4, 0.5) is 4.79 Å².